The first-order chi connectivity index (χ1) is 8.18. The van der Waals surface area contributed by atoms with Crippen molar-refractivity contribution in [2.45, 2.75) is 31.7 Å². The Morgan fingerprint density at radius 2 is 2.29 bits per heavy atom. The Morgan fingerprint density at radius 3 is 2.94 bits per heavy atom. The van der Waals surface area contributed by atoms with Crippen molar-refractivity contribution in [2.75, 3.05) is 6.54 Å². The first kappa shape index (κ1) is 12.1. The summed E-state index contributed by atoms with van der Waals surface area (Å²) >= 11 is 1.53. The van der Waals surface area contributed by atoms with Gasteiger partial charge in [0.2, 0.25) is 5.91 Å². The van der Waals surface area contributed by atoms with E-state index in [-0.39, 0.29) is 5.91 Å². The molecule has 0 bridgehead atoms. The van der Waals surface area contributed by atoms with Crippen molar-refractivity contribution < 1.29 is 14.7 Å². The zero-order chi connectivity index (χ0) is 12.3. The Balaban J connectivity index is 2.03. The Bertz CT molecular complexity index is 402. The van der Waals surface area contributed by atoms with E-state index >= 15 is 0 Å². The third kappa shape index (κ3) is 2.85. The van der Waals surface area contributed by atoms with E-state index in [2.05, 4.69) is 0 Å². The number of likely N-dealkylation sites (tertiary alicyclic amines) is 1. The zero-order valence-electron chi connectivity index (χ0n) is 9.46. The second-order valence-electron chi connectivity index (χ2n) is 4.19. The number of carbonyl (C=O) groups is 2. The number of rotatable bonds is 3. The van der Waals surface area contributed by atoms with Gasteiger partial charge in [-0.05, 0) is 30.7 Å². The summed E-state index contributed by atoms with van der Waals surface area (Å²) in [5.74, 6) is -0.955. The van der Waals surface area contributed by atoms with E-state index in [0.717, 1.165) is 17.7 Å². The van der Waals surface area contributed by atoms with Crippen LogP contribution >= 0.6 is 11.3 Å². The van der Waals surface area contributed by atoms with E-state index in [9.17, 15) is 9.59 Å². The number of aliphatic carboxylic acids is 1. The lowest BCUT2D eigenvalue weighted by molar-refractivity contribution is -0.151. The number of nitrogens with zero attached hydrogens (tertiary/aromatic N) is 1. The van der Waals surface area contributed by atoms with Crippen LogP contribution in [0.4, 0.5) is 0 Å². The molecule has 0 aromatic carbocycles. The number of hydrogen-bond acceptors (Lipinski definition) is 3. The van der Waals surface area contributed by atoms with Gasteiger partial charge in [-0.2, -0.15) is 0 Å². The molecule has 1 amide bonds. The van der Waals surface area contributed by atoms with Crippen molar-refractivity contribution >= 4 is 23.2 Å². The summed E-state index contributed by atoms with van der Waals surface area (Å²) in [7, 11) is 0. The summed E-state index contributed by atoms with van der Waals surface area (Å²) in [6.07, 6.45) is 2.69. The molecule has 1 fully saturated rings. The van der Waals surface area contributed by atoms with Crippen LogP contribution < -0.4 is 0 Å². The van der Waals surface area contributed by atoms with Crippen molar-refractivity contribution in [3.63, 3.8) is 0 Å². The molecule has 0 spiro atoms. The highest BCUT2D eigenvalue weighted by molar-refractivity contribution is 7.10. The van der Waals surface area contributed by atoms with E-state index in [0.29, 0.717) is 19.4 Å². The van der Waals surface area contributed by atoms with E-state index < -0.39 is 12.0 Å². The smallest absolute Gasteiger partial charge is 0.326 e. The van der Waals surface area contributed by atoms with Gasteiger partial charge in [0, 0.05) is 11.4 Å². The number of hydrogen-bond donors (Lipinski definition) is 1. The van der Waals surface area contributed by atoms with Crippen molar-refractivity contribution in [3.05, 3.63) is 22.4 Å². The Labute approximate surface area is 104 Å². The lowest BCUT2D eigenvalue weighted by Gasteiger charge is -2.32. The van der Waals surface area contributed by atoms with Crippen LogP contribution in [0.1, 0.15) is 24.1 Å². The van der Waals surface area contributed by atoms with E-state index in [1.165, 1.54) is 16.2 Å². The van der Waals surface area contributed by atoms with Gasteiger partial charge >= 0.3 is 5.97 Å². The van der Waals surface area contributed by atoms with Crippen LogP contribution in [0.3, 0.4) is 0 Å². The van der Waals surface area contributed by atoms with Gasteiger partial charge in [0.05, 0.1) is 6.42 Å². The van der Waals surface area contributed by atoms with Gasteiger partial charge in [-0.15, -0.1) is 11.3 Å². The largest absolute Gasteiger partial charge is 0.480 e. The van der Waals surface area contributed by atoms with Crippen LogP contribution in [-0.2, 0) is 16.0 Å². The fourth-order valence-corrected chi connectivity index (χ4v) is 2.85. The van der Waals surface area contributed by atoms with Gasteiger partial charge in [-0.25, -0.2) is 4.79 Å². The maximum Gasteiger partial charge on any atom is 0.326 e. The first-order valence-electron chi connectivity index (χ1n) is 5.73. The highest BCUT2D eigenvalue weighted by atomic mass is 32.1. The van der Waals surface area contributed by atoms with Gasteiger partial charge in [0.15, 0.2) is 0 Å². The lowest BCUT2D eigenvalue weighted by atomic mass is 10.0. The average molecular weight is 253 g/mol. The van der Waals surface area contributed by atoms with Crippen molar-refractivity contribution in [1.29, 1.82) is 0 Å². The highest BCUT2D eigenvalue weighted by Gasteiger charge is 2.31. The second kappa shape index (κ2) is 5.31. The number of carbonyl (C=O) groups excluding carboxylic acids is 1. The van der Waals surface area contributed by atoms with Crippen LogP contribution in [0.5, 0.6) is 0 Å². The van der Waals surface area contributed by atoms with E-state index in [4.69, 9.17) is 5.11 Å². The molecule has 0 radical (unpaired) electrons. The number of carboxylic acid groups (broad SMARTS) is 1. The first-order valence-corrected chi connectivity index (χ1v) is 6.61. The summed E-state index contributed by atoms with van der Waals surface area (Å²) < 4.78 is 0. The van der Waals surface area contributed by atoms with Gasteiger partial charge in [-0.1, -0.05) is 6.07 Å². The number of carboxylic acids is 1. The summed E-state index contributed by atoms with van der Waals surface area (Å²) in [5, 5.41) is 11.0. The molecule has 1 N–H and O–H groups in total. The van der Waals surface area contributed by atoms with Crippen LogP contribution in [0.25, 0.3) is 0 Å². The minimum absolute atomic E-state index is 0.0699. The predicted octanol–water partition coefficient (Wildman–Crippen LogP) is 1.76. The molecule has 1 aliphatic rings. The van der Waals surface area contributed by atoms with Gasteiger partial charge in [-0.3, -0.25) is 4.79 Å². The Hall–Kier alpha value is -1.36. The van der Waals surface area contributed by atoms with Crippen LogP contribution in [0.2, 0.25) is 0 Å². The normalized spacial score (nSPS) is 20.2. The quantitative estimate of drug-likeness (QED) is 0.893. The zero-order valence-corrected chi connectivity index (χ0v) is 10.3. The van der Waals surface area contributed by atoms with Gasteiger partial charge in [0.25, 0.3) is 0 Å². The molecule has 17 heavy (non-hydrogen) atoms. The molecule has 2 rings (SSSR count). The van der Waals surface area contributed by atoms with Crippen molar-refractivity contribution in [2.24, 2.45) is 0 Å². The van der Waals surface area contributed by atoms with E-state index in [1.54, 1.807) is 0 Å². The summed E-state index contributed by atoms with van der Waals surface area (Å²) in [6, 6.07) is 3.18. The standard InChI is InChI=1S/C12H15NO3S/c14-11(8-9-4-3-7-17-9)13-6-2-1-5-10(13)12(15)16/h3-4,7,10H,1-2,5-6,8H2,(H,15,16)/t10-/m1/s1. The summed E-state index contributed by atoms with van der Waals surface area (Å²) in [6.45, 7) is 0.571. The van der Waals surface area contributed by atoms with Crippen LogP contribution in [0, 0.1) is 0 Å². The minimum Gasteiger partial charge on any atom is -0.480 e. The van der Waals surface area contributed by atoms with E-state index in [1.807, 2.05) is 17.5 Å². The Morgan fingerprint density at radius 1 is 1.47 bits per heavy atom. The summed E-state index contributed by atoms with van der Waals surface area (Å²) in [4.78, 5) is 25.6. The topological polar surface area (TPSA) is 57.6 Å². The van der Waals surface area contributed by atoms with Gasteiger partial charge < -0.3 is 10.0 Å². The molecular formula is C12H15NO3S. The molecule has 1 aliphatic heterocycles. The SMILES string of the molecule is O=C(O)[C@H]1CCCCN1C(=O)Cc1cccs1. The van der Waals surface area contributed by atoms with Gasteiger partial charge in [0.1, 0.15) is 6.04 Å². The third-order valence-corrected chi connectivity index (χ3v) is 3.89. The maximum atomic E-state index is 12.0. The predicted molar refractivity (Wildman–Crippen MR) is 65.0 cm³/mol. The lowest BCUT2D eigenvalue weighted by Crippen LogP contribution is -2.48. The number of piperidine rings is 1. The molecule has 1 saturated heterocycles. The molecule has 92 valence electrons. The second-order valence-corrected chi connectivity index (χ2v) is 5.23. The molecule has 2 heterocycles. The molecule has 0 saturated carbocycles. The minimum atomic E-state index is -0.885. The van der Waals surface area contributed by atoms with Crippen LogP contribution in [0.15, 0.2) is 17.5 Å². The molecule has 5 heteroatoms. The Kier molecular flexibility index (Phi) is 3.78. The van der Waals surface area contributed by atoms with Crippen molar-refractivity contribution in [1.82, 2.24) is 4.90 Å². The molecule has 0 unspecified atom stereocenters. The average Bonchev–Trinajstić information content (AvgIpc) is 2.81. The fourth-order valence-electron chi connectivity index (χ4n) is 2.15. The third-order valence-electron chi connectivity index (χ3n) is 3.01. The summed E-state index contributed by atoms with van der Waals surface area (Å²) in [5.41, 5.74) is 0. The fraction of sp³-hybridized carbons (Fsp3) is 0.500. The molecule has 0 aliphatic carbocycles. The molecule has 1 atom stereocenters. The van der Waals surface area contributed by atoms with Crippen molar-refractivity contribution in [3.8, 4) is 0 Å². The van der Waals surface area contributed by atoms with Crippen LogP contribution in [-0.4, -0.2) is 34.5 Å². The number of amides is 1. The molecular weight excluding hydrogens is 238 g/mol. The number of thiophene rings is 1. The molecule has 1 aromatic heterocycles. The monoisotopic (exact) mass is 253 g/mol. The highest BCUT2D eigenvalue weighted by Crippen LogP contribution is 2.19. The maximum absolute atomic E-state index is 12.0. The molecule has 1 aromatic rings. The molecule has 4 nitrogen and oxygen atoms in total.